The van der Waals surface area contributed by atoms with Crippen LogP contribution in [0.3, 0.4) is 0 Å². The molecule has 0 radical (unpaired) electrons. The number of aryl methyl sites for hydroxylation is 1. The molecule has 0 spiro atoms. The summed E-state index contributed by atoms with van der Waals surface area (Å²) in [7, 11) is 0. The molecule has 3 N–H and O–H groups in total. The number of hydrogen-bond acceptors (Lipinski definition) is 5. The lowest BCUT2D eigenvalue weighted by molar-refractivity contribution is -0.184. The van der Waals surface area contributed by atoms with Crippen LogP contribution in [0.2, 0.25) is 0 Å². The van der Waals surface area contributed by atoms with Gasteiger partial charge in [0.15, 0.2) is 6.29 Å². The van der Waals surface area contributed by atoms with E-state index in [0.29, 0.717) is 24.1 Å². The summed E-state index contributed by atoms with van der Waals surface area (Å²) in [5, 5.41) is 25.0. The van der Waals surface area contributed by atoms with E-state index in [0.717, 1.165) is 42.5 Å². The summed E-state index contributed by atoms with van der Waals surface area (Å²) in [4.78, 5) is 17.2. The number of fused-ring (bicyclic) bond motifs is 3. The Morgan fingerprint density at radius 3 is 2.81 bits per heavy atom. The van der Waals surface area contributed by atoms with E-state index < -0.39 is 11.9 Å². The molecule has 1 fully saturated rings. The SMILES string of the molecule is CCC[C@]1(O)CC[C@]2(CC)c3ccc(C(=O)Nc4cccnc4C)cc3COC(O)[C@@H]2C1. The molecule has 172 valence electrons. The van der Waals surface area contributed by atoms with Gasteiger partial charge in [0.1, 0.15) is 0 Å². The van der Waals surface area contributed by atoms with Gasteiger partial charge in [-0.15, -0.1) is 0 Å². The molecular weight excluding hydrogens is 404 g/mol. The molecule has 2 aliphatic rings. The predicted octanol–water partition coefficient (Wildman–Crippen LogP) is 4.47. The fourth-order valence-corrected chi connectivity index (χ4v) is 5.82. The number of benzene rings is 1. The first-order valence-corrected chi connectivity index (χ1v) is 11.7. The third-order valence-electron chi connectivity index (χ3n) is 7.61. The number of nitrogens with one attached hydrogen (secondary N) is 1. The van der Waals surface area contributed by atoms with Gasteiger partial charge in [-0.05, 0) is 74.4 Å². The van der Waals surface area contributed by atoms with E-state index in [1.54, 1.807) is 12.3 Å². The predicted molar refractivity (Wildman–Crippen MR) is 123 cm³/mol. The Balaban J connectivity index is 1.67. The van der Waals surface area contributed by atoms with Crippen molar-refractivity contribution in [2.24, 2.45) is 5.92 Å². The molecule has 1 aliphatic heterocycles. The molecule has 6 heteroatoms. The molecule has 32 heavy (non-hydrogen) atoms. The Labute approximate surface area is 190 Å². The van der Waals surface area contributed by atoms with Gasteiger partial charge >= 0.3 is 0 Å². The number of anilines is 1. The number of aliphatic hydroxyl groups excluding tert-OH is 1. The van der Waals surface area contributed by atoms with Crippen molar-refractivity contribution in [3.8, 4) is 0 Å². The minimum atomic E-state index is -0.943. The van der Waals surface area contributed by atoms with Gasteiger partial charge in [0.05, 0.1) is 23.6 Å². The Bertz CT molecular complexity index is 994. The molecule has 1 unspecified atom stereocenters. The van der Waals surface area contributed by atoms with Crippen LogP contribution in [0.1, 0.15) is 79.6 Å². The number of aliphatic hydroxyl groups is 2. The zero-order valence-electron chi connectivity index (χ0n) is 19.2. The lowest BCUT2D eigenvalue weighted by Gasteiger charge is -2.50. The molecule has 0 bridgehead atoms. The van der Waals surface area contributed by atoms with Gasteiger partial charge in [-0.1, -0.05) is 26.3 Å². The largest absolute Gasteiger partial charge is 0.390 e. The zero-order valence-corrected chi connectivity index (χ0v) is 19.2. The Morgan fingerprint density at radius 1 is 1.28 bits per heavy atom. The van der Waals surface area contributed by atoms with Crippen molar-refractivity contribution in [1.29, 1.82) is 0 Å². The van der Waals surface area contributed by atoms with Crippen molar-refractivity contribution in [3.05, 3.63) is 58.9 Å². The lowest BCUT2D eigenvalue weighted by atomic mass is 9.56. The van der Waals surface area contributed by atoms with Gasteiger partial charge in [-0.3, -0.25) is 9.78 Å². The quantitative estimate of drug-likeness (QED) is 0.641. The molecule has 6 nitrogen and oxygen atoms in total. The summed E-state index contributed by atoms with van der Waals surface area (Å²) < 4.78 is 5.87. The second-order valence-electron chi connectivity index (χ2n) is 9.46. The Morgan fingerprint density at radius 2 is 2.09 bits per heavy atom. The van der Waals surface area contributed by atoms with E-state index in [1.807, 2.05) is 31.2 Å². The van der Waals surface area contributed by atoms with Gasteiger partial charge in [0.2, 0.25) is 0 Å². The molecule has 4 rings (SSSR count). The van der Waals surface area contributed by atoms with Crippen molar-refractivity contribution in [3.63, 3.8) is 0 Å². The monoisotopic (exact) mass is 438 g/mol. The molecule has 1 aromatic carbocycles. The van der Waals surface area contributed by atoms with Crippen molar-refractivity contribution < 1.29 is 19.7 Å². The summed E-state index contributed by atoms with van der Waals surface area (Å²) in [6, 6.07) is 9.40. The van der Waals surface area contributed by atoms with Crippen molar-refractivity contribution in [2.45, 2.75) is 83.2 Å². The third kappa shape index (κ3) is 4.07. The summed E-state index contributed by atoms with van der Waals surface area (Å²) in [6.45, 7) is 6.32. The van der Waals surface area contributed by atoms with E-state index in [1.165, 1.54) is 0 Å². The van der Waals surface area contributed by atoms with Crippen molar-refractivity contribution >= 4 is 11.6 Å². The maximum Gasteiger partial charge on any atom is 0.255 e. The maximum atomic E-state index is 12.9. The molecule has 2 heterocycles. The fourth-order valence-electron chi connectivity index (χ4n) is 5.82. The van der Waals surface area contributed by atoms with E-state index in [9.17, 15) is 15.0 Å². The van der Waals surface area contributed by atoms with Gasteiger partial charge in [0, 0.05) is 23.1 Å². The standard InChI is InChI=1S/C26H34N2O4/c1-4-10-25(31)11-12-26(5-2)20-9-8-18(14-19(20)16-32-24(30)21(26)15-25)23(29)28-22-7-6-13-27-17(22)3/h6-9,13-14,21,24,30-31H,4-5,10-12,15-16H2,1-3H3,(H,28,29)/t21-,24?,25-,26+/m0/s1. The smallest absolute Gasteiger partial charge is 0.255 e. The number of carbonyl (C=O) groups is 1. The van der Waals surface area contributed by atoms with Crippen LogP contribution >= 0.6 is 0 Å². The van der Waals surface area contributed by atoms with Crippen LogP contribution in [0, 0.1) is 12.8 Å². The van der Waals surface area contributed by atoms with Crippen molar-refractivity contribution in [1.82, 2.24) is 4.98 Å². The highest BCUT2D eigenvalue weighted by molar-refractivity contribution is 6.04. The van der Waals surface area contributed by atoms with E-state index in [2.05, 4.69) is 24.1 Å². The third-order valence-corrected chi connectivity index (χ3v) is 7.61. The van der Waals surface area contributed by atoms with Crippen LogP contribution < -0.4 is 5.32 Å². The number of amides is 1. The second kappa shape index (κ2) is 8.93. The average Bonchev–Trinajstić information content (AvgIpc) is 2.90. The summed E-state index contributed by atoms with van der Waals surface area (Å²) in [5.74, 6) is -0.381. The normalized spacial score (nSPS) is 29.5. The van der Waals surface area contributed by atoms with Gasteiger partial charge in [-0.2, -0.15) is 0 Å². The second-order valence-corrected chi connectivity index (χ2v) is 9.46. The summed E-state index contributed by atoms with van der Waals surface area (Å²) in [5.41, 5.74) is 3.03. The number of aromatic nitrogens is 1. The minimum Gasteiger partial charge on any atom is -0.390 e. The molecule has 4 atom stereocenters. The number of hydrogen-bond donors (Lipinski definition) is 3. The highest BCUT2D eigenvalue weighted by Crippen LogP contribution is 2.54. The number of rotatable bonds is 5. The topological polar surface area (TPSA) is 91.7 Å². The van der Waals surface area contributed by atoms with Crippen molar-refractivity contribution in [2.75, 3.05) is 5.32 Å². The molecule has 1 aromatic heterocycles. The first-order chi connectivity index (χ1) is 15.3. The van der Waals surface area contributed by atoms with Gasteiger partial charge in [-0.25, -0.2) is 0 Å². The van der Waals surface area contributed by atoms with Gasteiger partial charge < -0.3 is 20.3 Å². The first kappa shape index (κ1) is 22.9. The maximum absolute atomic E-state index is 12.9. The molecular formula is C26H34N2O4. The van der Waals surface area contributed by atoms with Crippen LogP contribution in [0.15, 0.2) is 36.5 Å². The number of nitrogens with zero attached hydrogens (tertiary/aromatic N) is 1. The lowest BCUT2D eigenvalue weighted by Crippen LogP contribution is -2.51. The first-order valence-electron chi connectivity index (χ1n) is 11.7. The van der Waals surface area contributed by atoms with E-state index in [4.69, 9.17) is 4.74 Å². The average molecular weight is 439 g/mol. The molecule has 1 amide bonds. The van der Waals surface area contributed by atoms with E-state index in [-0.39, 0.29) is 23.8 Å². The molecule has 2 aromatic rings. The molecule has 1 aliphatic carbocycles. The Kier molecular flexibility index (Phi) is 6.39. The fraction of sp³-hybridized carbons (Fsp3) is 0.538. The van der Waals surface area contributed by atoms with Gasteiger partial charge in [0.25, 0.3) is 5.91 Å². The van der Waals surface area contributed by atoms with E-state index >= 15 is 0 Å². The highest BCUT2D eigenvalue weighted by Gasteiger charge is 2.53. The van der Waals surface area contributed by atoms with Crippen LogP contribution in [-0.4, -0.2) is 33.0 Å². The summed E-state index contributed by atoms with van der Waals surface area (Å²) >= 11 is 0. The minimum absolute atomic E-state index is 0.184. The molecule has 0 saturated heterocycles. The van der Waals surface area contributed by atoms with Crippen LogP contribution in [0.5, 0.6) is 0 Å². The zero-order chi connectivity index (χ0) is 22.9. The van der Waals surface area contributed by atoms with Crippen LogP contribution in [0.25, 0.3) is 0 Å². The molecule has 1 saturated carbocycles. The highest BCUT2D eigenvalue weighted by atomic mass is 16.6. The van der Waals surface area contributed by atoms with Crippen LogP contribution in [0.4, 0.5) is 5.69 Å². The number of ether oxygens (including phenoxy) is 1. The Hall–Kier alpha value is -2.28. The van der Waals surface area contributed by atoms with Crippen LogP contribution in [-0.2, 0) is 16.8 Å². The number of carbonyl (C=O) groups excluding carboxylic acids is 1. The summed E-state index contributed by atoms with van der Waals surface area (Å²) in [6.07, 6.45) is 5.26. The number of pyridine rings is 1.